The topological polar surface area (TPSA) is 35.9 Å². The van der Waals surface area contributed by atoms with Gasteiger partial charge in [-0.25, -0.2) is 0 Å². The van der Waals surface area contributed by atoms with Crippen molar-refractivity contribution in [2.45, 2.75) is 19.4 Å². The maximum atomic E-state index is 9.87. The highest BCUT2D eigenvalue weighted by molar-refractivity contribution is 4.69. The molecule has 0 radical (unpaired) electrons. The Kier molecular flexibility index (Phi) is 6.17. The van der Waals surface area contributed by atoms with Crippen LogP contribution in [-0.4, -0.2) is 74.0 Å². The lowest BCUT2D eigenvalue weighted by Crippen LogP contribution is -2.44. The molecular weight excluding hydrogens is 192 g/mol. The lowest BCUT2D eigenvalue weighted by molar-refractivity contribution is 0.00873. The largest absolute Gasteiger partial charge is 0.390 e. The molecule has 4 heteroatoms. The minimum absolute atomic E-state index is 0.236. The maximum absolute atomic E-state index is 9.87. The van der Waals surface area contributed by atoms with Crippen LogP contribution in [0.1, 0.15) is 13.3 Å². The monoisotopic (exact) mass is 216 g/mol. The molecule has 1 fully saturated rings. The first kappa shape index (κ1) is 12.9. The zero-order valence-corrected chi connectivity index (χ0v) is 9.98. The molecule has 1 atom stereocenters. The van der Waals surface area contributed by atoms with Crippen LogP contribution in [0.2, 0.25) is 0 Å². The Morgan fingerprint density at radius 3 is 2.67 bits per heavy atom. The predicted octanol–water partition coefficient (Wildman–Crippen LogP) is 0.0213. The van der Waals surface area contributed by atoms with Crippen LogP contribution in [0.15, 0.2) is 0 Å². The Bertz CT molecular complexity index is 161. The number of nitrogens with zero attached hydrogens (tertiary/aromatic N) is 2. The summed E-state index contributed by atoms with van der Waals surface area (Å²) in [5.74, 6) is 0. The molecule has 0 spiro atoms. The normalized spacial score (nSPS) is 20.8. The van der Waals surface area contributed by atoms with E-state index in [1.54, 1.807) is 0 Å². The van der Waals surface area contributed by atoms with E-state index in [-0.39, 0.29) is 6.10 Å². The number of likely N-dealkylation sites (N-methyl/N-ethyl adjacent to an activating group) is 1. The lowest BCUT2D eigenvalue weighted by atomic mass is 10.2. The number of hydrogen-bond donors (Lipinski definition) is 1. The second-order valence-electron chi connectivity index (χ2n) is 4.33. The first-order valence-corrected chi connectivity index (χ1v) is 5.89. The maximum Gasteiger partial charge on any atom is 0.0793 e. The van der Waals surface area contributed by atoms with Crippen LogP contribution < -0.4 is 0 Å². The second kappa shape index (κ2) is 7.17. The van der Waals surface area contributed by atoms with Gasteiger partial charge in [-0.05, 0) is 20.0 Å². The van der Waals surface area contributed by atoms with Gasteiger partial charge >= 0.3 is 0 Å². The number of aliphatic hydroxyl groups excluding tert-OH is 1. The molecule has 0 saturated carbocycles. The summed E-state index contributed by atoms with van der Waals surface area (Å²) in [6.07, 6.45) is 0.903. The van der Waals surface area contributed by atoms with Crippen LogP contribution in [0.4, 0.5) is 0 Å². The minimum atomic E-state index is -0.236. The van der Waals surface area contributed by atoms with Crippen molar-refractivity contribution in [3.05, 3.63) is 0 Å². The van der Waals surface area contributed by atoms with E-state index in [0.717, 1.165) is 52.4 Å². The van der Waals surface area contributed by atoms with E-state index < -0.39 is 0 Å². The quantitative estimate of drug-likeness (QED) is 0.679. The first-order valence-electron chi connectivity index (χ1n) is 5.89. The molecular formula is C11H24N2O2. The molecule has 90 valence electrons. The van der Waals surface area contributed by atoms with Crippen LogP contribution in [0, 0.1) is 0 Å². The number of ether oxygens (including phenoxy) is 1. The van der Waals surface area contributed by atoms with Crippen LogP contribution in [0.5, 0.6) is 0 Å². The number of β-amino-alcohol motifs (C(OH)–C–C–N with tert-alkyl or cyclic N) is 1. The molecule has 15 heavy (non-hydrogen) atoms. The first-order chi connectivity index (χ1) is 7.22. The van der Waals surface area contributed by atoms with Gasteiger partial charge in [0, 0.05) is 26.2 Å². The van der Waals surface area contributed by atoms with E-state index in [4.69, 9.17) is 4.74 Å². The van der Waals surface area contributed by atoms with E-state index in [2.05, 4.69) is 23.8 Å². The zero-order chi connectivity index (χ0) is 11.1. The van der Waals surface area contributed by atoms with E-state index in [0.29, 0.717) is 0 Å². The van der Waals surface area contributed by atoms with Crippen molar-refractivity contribution in [2.24, 2.45) is 0 Å². The smallest absolute Gasteiger partial charge is 0.0793 e. The summed E-state index contributed by atoms with van der Waals surface area (Å²) in [4.78, 5) is 4.46. The third-order valence-electron chi connectivity index (χ3n) is 2.70. The molecule has 1 rings (SSSR count). The van der Waals surface area contributed by atoms with Gasteiger partial charge in [0.2, 0.25) is 0 Å². The van der Waals surface area contributed by atoms with Crippen molar-refractivity contribution in [3.8, 4) is 0 Å². The third kappa shape index (κ3) is 5.47. The van der Waals surface area contributed by atoms with Crippen molar-refractivity contribution < 1.29 is 9.84 Å². The van der Waals surface area contributed by atoms with Gasteiger partial charge in [0.1, 0.15) is 0 Å². The molecule has 1 unspecified atom stereocenters. The van der Waals surface area contributed by atoms with Gasteiger partial charge in [-0.15, -0.1) is 0 Å². The van der Waals surface area contributed by atoms with Crippen molar-refractivity contribution >= 4 is 0 Å². The lowest BCUT2D eigenvalue weighted by Gasteiger charge is -2.30. The van der Waals surface area contributed by atoms with E-state index in [9.17, 15) is 5.11 Å². The van der Waals surface area contributed by atoms with Crippen molar-refractivity contribution in [3.63, 3.8) is 0 Å². The zero-order valence-electron chi connectivity index (χ0n) is 9.98. The van der Waals surface area contributed by atoms with Gasteiger partial charge < -0.3 is 14.7 Å². The molecule has 0 aromatic carbocycles. The van der Waals surface area contributed by atoms with Crippen LogP contribution in [0.3, 0.4) is 0 Å². The van der Waals surface area contributed by atoms with Gasteiger partial charge in [-0.3, -0.25) is 4.90 Å². The average Bonchev–Trinajstić information content (AvgIpc) is 2.19. The summed E-state index contributed by atoms with van der Waals surface area (Å²) in [6.45, 7) is 8.27. The standard InChI is InChI=1S/C11H24N2O2/c1-3-4-12(2)9-11(14)10-13-5-7-15-8-6-13/h11,14H,3-10H2,1-2H3. The number of aliphatic hydroxyl groups is 1. The summed E-state index contributed by atoms with van der Waals surface area (Å²) < 4.78 is 5.27. The van der Waals surface area contributed by atoms with Gasteiger partial charge in [0.05, 0.1) is 19.3 Å². The summed E-state index contributed by atoms with van der Waals surface area (Å²) >= 11 is 0. The highest BCUT2D eigenvalue weighted by Gasteiger charge is 2.15. The van der Waals surface area contributed by atoms with Gasteiger partial charge in [0.25, 0.3) is 0 Å². The van der Waals surface area contributed by atoms with Crippen LogP contribution in [-0.2, 0) is 4.74 Å². The average molecular weight is 216 g/mol. The van der Waals surface area contributed by atoms with E-state index >= 15 is 0 Å². The number of morpholine rings is 1. The summed E-state index contributed by atoms with van der Waals surface area (Å²) in [6, 6.07) is 0. The predicted molar refractivity (Wildman–Crippen MR) is 61.1 cm³/mol. The molecule has 4 nitrogen and oxygen atoms in total. The molecule has 1 N–H and O–H groups in total. The highest BCUT2D eigenvalue weighted by Crippen LogP contribution is 2.00. The van der Waals surface area contributed by atoms with Crippen molar-refractivity contribution in [2.75, 3.05) is 53.0 Å². The molecule has 0 aliphatic carbocycles. The Morgan fingerprint density at radius 1 is 1.40 bits per heavy atom. The molecule has 0 aromatic heterocycles. The fourth-order valence-corrected chi connectivity index (χ4v) is 1.97. The fraction of sp³-hybridized carbons (Fsp3) is 1.00. The molecule has 0 amide bonds. The molecule has 0 bridgehead atoms. The second-order valence-corrected chi connectivity index (χ2v) is 4.33. The Morgan fingerprint density at radius 2 is 2.07 bits per heavy atom. The van der Waals surface area contributed by atoms with Crippen molar-refractivity contribution in [1.82, 2.24) is 9.80 Å². The Hall–Kier alpha value is -0.160. The van der Waals surface area contributed by atoms with E-state index in [1.807, 2.05) is 0 Å². The molecule has 1 heterocycles. The molecule has 1 aliphatic rings. The van der Waals surface area contributed by atoms with E-state index in [1.165, 1.54) is 0 Å². The highest BCUT2D eigenvalue weighted by atomic mass is 16.5. The summed E-state index contributed by atoms with van der Waals surface area (Å²) in [5, 5.41) is 9.87. The van der Waals surface area contributed by atoms with Crippen LogP contribution in [0.25, 0.3) is 0 Å². The number of hydrogen-bond acceptors (Lipinski definition) is 4. The van der Waals surface area contributed by atoms with Crippen molar-refractivity contribution in [1.29, 1.82) is 0 Å². The molecule has 0 aromatic rings. The van der Waals surface area contributed by atoms with Gasteiger partial charge in [-0.2, -0.15) is 0 Å². The van der Waals surface area contributed by atoms with Gasteiger partial charge in [-0.1, -0.05) is 6.92 Å². The third-order valence-corrected chi connectivity index (χ3v) is 2.70. The summed E-state index contributed by atoms with van der Waals surface area (Å²) in [7, 11) is 2.06. The number of rotatable bonds is 6. The Balaban J connectivity index is 2.13. The van der Waals surface area contributed by atoms with Crippen LogP contribution >= 0.6 is 0 Å². The minimum Gasteiger partial charge on any atom is -0.390 e. The Labute approximate surface area is 92.8 Å². The SMILES string of the molecule is CCCN(C)CC(O)CN1CCOCC1. The molecule has 1 saturated heterocycles. The van der Waals surface area contributed by atoms with Gasteiger partial charge in [0.15, 0.2) is 0 Å². The fourth-order valence-electron chi connectivity index (χ4n) is 1.97. The summed E-state index contributed by atoms with van der Waals surface area (Å²) in [5.41, 5.74) is 0. The molecule has 1 aliphatic heterocycles.